The SMILES string of the molecule is Cc1cccc(C(=O)N[C@@]23CCC[C@](NC(=O)c4cncc(C)n4)(CC2)C3)n1. The van der Waals surface area contributed by atoms with Gasteiger partial charge in [0.2, 0.25) is 0 Å². The third-order valence-electron chi connectivity index (χ3n) is 5.94. The van der Waals surface area contributed by atoms with Gasteiger partial charge in [0.15, 0.2) is 0 Å². The van der Waals surface area contributed by atoms with Gasteiger partial charge < -0.3 is 10.6 Å². The van der Waals surface area contributed by atoms with Crippen LogP contribution in [-0.2, 0) is 0 Å². The molecule has 0 spiro atoms. The molecule has 4 rings (SSSR count). The zero-order chi connectivity index (χ0) is 19.8. The summed E-state index contributed by atoms with van der Waals surface area (Å²) in [7, 11) is 0. The van der Waals surface area contributed by atoms with E-state index in [-0.39, 0.29) is 22.9 Å². The van der Waals surface area contributed by atoms with Gasteiger partial charge in [-0.3, -0.25) is 14.6 Å². The molecule has 2 fully saturated rings. The number of aromatic nitrogens is 3. The molecule has 2 aromatic rings. The molecule has 2 bridgehead atoms. The number of aryl methyl sites for hydroxylation is 2. The van der Waals surface area contributed by atoms with E-state index in [1.165, 1.54) is 6.20 Å². The first-order valence-electron chi connectivity index (χ1n) is 9.76. The van der Waals surface area contributed by atoms with Crippen LogP contribution in [-0.4, -0.2) is 37.8 Å². The van der Waals surface area contributed by atoms with E-state index in [1.807, 2.05) is 26.0 Å². The van der Waals surface area contributed by atoms with Gasteiger partial charge in [-0.1, -0.05) is 6.07 Å². The van der Waals surface area contributed by atoms with E-state index in [9.17, 15) is 9.59 Å². The number of rotatable bonds is 4. The highest BCUT2D eigenvalue weighted by atomic mass is 16.2. The molecule has 2 saturated carbocycles. The number of amides is 2. The fourth-order valence-corrected chi connectivity index (χ4v) is 4.69. The summed E-state index contributed by atoms with van der Waals surface area (Å²) in [6.07, 6.45) is 8.36. The molecule has 146 valence electrons. The summed E-state index contributed by atoms with van der Waals surface area (Å²) in [5, 5.41) is 6.44. The van der Waals surface area contributed by atoms with Crippen LogP contribution >= 0.6 is 0 Å². The zero-order valence-electron chi connectivity index (χ0n) is 16.3. The number of carbonyl (C=O) groups is 2. The number of carbonyl (C=O) groups excluding carboxylic acids is 2. The molecule has 7 heteroatoms. The van der Waals surface area contributed by atoms with Crippen molar-refractivity contribution in [2.45, 2.75) is 63.5 Å². The molecule has 2 amide bonds. The molecule has 2 aromatic heterocycles. The topological polar surface area (TPSA) is 96.9 Å². The number of nitrogens with zero attached hydrogens (tertiary/aromatic N) is 3. The predicted octanol–water partition coefficient (Wildman–Crippen LogP) is 2.49. The molecule has 2 atom stereocenters. The molecule has 0 unspecified atom stereocenters. The molecule has 0 aliphatic heterocycles. The molecular weight excluding hydrogens is 354 g/mol. The van der Waals surface area contributed by atoms with E-state index >= 15 is 0 Å². The summed E-state index contributed by atoms with van der Waals surface area (Å²) in [6, 6.07) is 5.46. The molecule has 7 nitrogen and oxygen atoms in total. The lowest BCUT2D eigenvalue weighted by molar-refractivity contribution is 0.0826. The maximum absolute atomic E-state index is 12.8. The van der Waals surface area contributed by atoms with Gasteiger partial charge in [-0.15, -0.1) is 0 Å². The third kappa shape index (κ3) is 3.61. The Balaban J connectivity index is 1.48. The Kier molecular flexibility index (Phi) is 4.61. The van der Waals surface area contributed by atoms with Crippen molar-refractivity contribution in [3.05, 3.63) is 53.4 Å². The lowest BCUT2D eigenvalue weighted by atomic mass is 9.78. The van der Waals surface area contributed by atoms with Gasteiger partial charge in [-0.05, 0) is 64.5 Å². The first-order valence-corrected chi connectivity index (χ1v) is 9.76. The average Bonchev–Trinajstić information content (AvgIpc) is 2.91. The average molecular weight is 379 g/mol. The van der Waals surface area contributed by atoms with E-state index in [0.29, 0.717) is 17.1 Å². The highest BCUT2D eigenvalue weighted by molar-refractivity contribution is 5.93. The normalized spacial score (nSPS) is 25.9. The highest BCUT2D eigenvalue weighted by Gasteiger charge is 2.52. The molecule has 0 radical (unpaired) electrons. The Bertz CT molecular complexity index is 857. The fraction of sp³-hybridized carbons (Fsp3) is 0.476. The Morgan fingerprint density at radius 1 is 0.857 bits per heavy atom. The predicted molar refractivity (Wildman–Crippen MR) is 104 cm³/mol. The summed E-state index contributed by atoms with van der Waals surface area (Å²) >= 11 is 0. The van der Waals surface area contributed by atoms with Crippen LogP contribution in [0, 0.1) is 13.8 Å². The Morgan fingerprint density at radius 3 is 2.14 bits per heavy atom. The lowest BCUT2D eigenvalue weighted by Gasteiger charge is -2.40. The van der Waals surface area contributed by atoms with Crippen LogP contribution in [0.3, 0.4) is 0 Å². The second kappa shape index (κ2) is 6.96. The summed E-state index contributed by atoms with van der Waals surface area (Å²) < 4.78 is 0. The van der Waals surface area contributed by atoms with E-state index < -0.39 is 0 Å². The van der Waals surface area contributed by atoms with Crippen molar-refractivity contribution >= 4 is 11.8 Å². The number of fused-ring (bicyclic) bond motifs is 2. The molecule has 2 heterocycles. The summed E-state index contributed by atoms with van der Waals surface area (Å²) in [5.74, 6) is -0.335. The van der Waals surface area contributed by atoms with Crippen molar-refractivity contribution in [1.82, 2.24) is 25.6 Å². The first kappa shape index (κ1) is 18.5. The van der Waals surface area contributed by atoms with Crippen LogP contribution in [0.2, 0.25) is 0 Å². The Labute approximate surface area is 164 Å². The van der Waals surface area contributed by atoms with Gasteiger partial charge in [0.05, 0.1) is 11.9 Å². The Hall–Kier alpha value is -2.83. The number of nitrogens with one attached hydrogen (secondary N) is 2. The van der Waals surface area contributed by atoms with Gasteiger partial charge in [-0.2, -0.15) is 0 Å². The second-order valence-corrected chi connectivity index (χ2v) is 8.21. The summed E-state index contributed by atoms with van der Waals surface area (Å²) in [5.41, 5.74) is 1.73. The smallest absolute Gasteiger partial charge is 0.271 e. The Morgan fingerprint density at radius 2 is 1.50 bits per heavy atom. The number of pyridine rings is 1. The molecule has 0 saturated heterocycles. The summed E-state index contributed by atoms with van der Waals surface area (Å²) in [4.78, 5) is 38.2. The van der Waals surface area contributed by atoms with Gasteiger partial charge in [0, 0.05) is 23.0 Å². The molecule has 28 heavy (non-hydrogen) atoms. The van der Waals surface area contributed by atoms with Crippen LogP contribution in [0.5, 0.6) is 0 Å². The minimum absolute atomic E-state index is 0.141. The van der Waals surface area contributed by atoms with Gasteiger partial charge >= 0.3 is 0 Å². The third-order valence-corrected chi connectivity index (χ3v) is 5.94. The van der Waals surface area contributed by atoms with Crippen LogP contribution < -0.4 is 10.6 Å². The van der Waals surface area contributed by atoms with Crippen molar-refractivity contribution < 1.29 is 9.59 Å². The molecule has 2 N–H and O–H groups in total. The largest absolute Gasteiger partial charge is 0.345 e. The minimum Gasteiger partial charge on any atom is -0.345 e. The monoisotopic (exact) mass is 379 g/mol. The highest BCUT2D eigenvalue weighted by Crippen LogP contribution is 2.48. The summed E-state index contributed by atoms with van der Waals surface area (Å²) in [6.45, 7) is 3.69. The van der Waals surface area contributed by atoms with Crippen molar-refractivity contribution in [1.29, 1.82) is 0 Å². The number of hydrogen-bond acceptors (Lipinski definition) is 5. The minimum atomic E-state index is -0.298. The van der Waals surface area contributed by atoms with Crippen molar-refractivity contribution in [2.24, 2.45) is 0 Å². The van der Waals surface area contributed by atoms with E-state index in [1.54, 1.807) is 12.3 Å². The van der Waals surface area contributed by atoms with Crippen LogP contribution in [0.1, 0.15) is 70.9 Å². The standard InChI is InChI=1S/C21H25N5O2/c1-14-5-3-6-16(23-14)18(27)25-20-7-4-8-21(13-20,10-9-20)26-19(28)17-12-22-11-15(2)24-17/h3,5-6,11-12H,4,7-10,13H2,1-2H3,(H,25,27)(H,26,28)/t20-,21-/m0/s1. The van der Waals surface area contributed by atoms with Crippen molar-refractivity contribution in [3.8, 4) is 0 Å². The molecule has 0 aromatic carbocycles. The van der Waals surface area contributed by atoms with Crippen LogP contribution in [0.4, 0.5) is 0 Å². The van der Waals surface area contributed by atoms with Crippen LogP contribution in [0.15, 0.2) is 30.6 Å². The first-order chi connectivity index (χ1) is 13.4. The van der Waals surface area contributed by atoms with Gasteiger partial charge in [0.25, 0.3) is 11.8 Å². The van der Waals surface area contributed by atoms with Crippen molar-refractivity contribution in [2.75, 3.05) is 0 Å². The van der Waals surface area contributed by atoms with E-state index in [0.717, 1.165) is 44.2 Å². The molecule has 2 aliphatic carbocycles. The van der Waals surface area contributed by atoms with E-state index in [2.05, 4.69) is 25.6 Å². The quantitative estimate of drug-likeness (QED) is 0.851. The zero-order valence-corrected chi connectivity index (χ0v) is 16.3. The van der Waals surface area contributed by atoms with Crippen LogP contribution in [0.25, 0.3) is 0 Å². The fourth-order valence-electron chi connectivity index (χ4n) is 4.69. The van der Waals surface area contributed by atoms with Gasteiger partial charge in [-0.25, -0.2) is 9.97 Å². The second-order valence-electron chi connectivity index (χ2n) is 8.21. The van der Waals surface area contributed by atoms with E-state index in [4.69, 9.17) is 0 Å². The molecule has 2 aliphatic rings. The van der Waals surface area contributed by atoms with Crippen molar-refractivity contribution in [3.63, 3.8) is 0 Å². The maximum Gasteiger partial charge on any atom is 0.271 e. The lowest BCUT2D eigenvalue weighted by Crippen LogP contribution is -2.55. The maximum atomic E-state index is 12.8. The van der Waals surface area contributed by atoms with Gasteiger partial charge in [0.1, 0.15) is 11.4 Å². The molecular formula is C21H25N5O2. The number of hydrogen-bond donors (Lipinski definition) is 2.